The molecule has 0 aliphatic carbocycles. The maximum Gasteiger partial charge on any atom is 0.423 e. The SMILES string of the molecule is CB(O)n1ccc(-c2cccc3c2n(C(=O)OC(C)(C)C)c(=O)n3Cc2ccccc2)c1. The van der Waals surface area contributed by atoms with Crippen molar-refractivity contribution in [2.75, 3.05) is 0 Å². The molecule has 0 aliphatic rings. The van der Waals surface area contributed by atoms with Crippen LogP contribution in [0.5, 0.6) is 0 Å². The van der Waals surface area contributed by atoms with Crippen molar-refractivity contribution in [3.8, 4) is 11.1 Å². The molecule has 2 heterocycles. The number of imidazole rings is 1. The summed E-state index contributed by atoms with van der Waals surface area (Å²) >= 11 is 0. The van der Waals surface area contributed by atoms with Gasteiger partial charge in [-0.15, -0.1) is 0 Å². The Morgan fingerprint density at radius 2 is 1.78 bits per heavy atom. The third-order valence-corrected chi connectivity index (χ3v) is 5.17. The molecule has 0 atom stereocenters. The number of rotatable bonds is 4. The van der Waals surface area contributed by atoms with Gasteiger partial charge < -0.3 is 14.2 Å². The van der Waals surface area contributed by atoms with Crippen molar-refractivity contribution < 1.29 is 14.6 Å². The van der Waals surface area contributed by atoms with Gasteiger partial charge in [-0.25, -0.2) is 9.59 Å². The Bertz CT molecular complexity index is 1330. The Kier molecular flexibility index (Phi) is 5.56. The van der Waals surface area contributed by atoms with Crippen LogP contribution in [-0.2, 0) is 11.3 Å². The van der Waals surface area contributed by atoms with Gasteiger partial charge in [-0.1, -0.05) is 42.5 Å². The highest BCUT2D eigenvalue weighted by atomic mass is 16.6. The van der Waals surface area contributed by atoms with Crippen LogP contribution in [0.4, 0.5) is 4.79 Å². The fourth-order valence-electron chi connectivity index (χ4n) is 3.74. The first-order valence-corrected chi connectivity index (χ1v) is 10.5. The van der Waals surface area contributed by atoms with E-state index in [1.807, 2.05) is 54.6 Å². The molecule has 164 valence electrons. The second-order valence-corrected chi connectivity index (χ2v) is 8.82. The van der Waals surface area contributed by atoms with Crippen LogP contribution >= 0.6 is 0 Å². The third-order valence-electron chi connectivity index (χ3n) is 5.17. The lowest BCUT2D eigenvalue weighted by Gasteiger charge is -2.19. The molecule has 0 bridgehead atoms. The number of fused-ring (bicyclic) bond motifs is 1. The third kappa shape index (κ3) is 4.14. The molecule has 4 rings (SSSR count). The van der Waals surface area contributed by atoms with E-state index in [1.165, 1.54) is 0 Å². The average molecular weight is 431 g/mol. The highest BCUT2D eigenvalue weighted by molar-refractivity contribution is 6.46. The second-order valence-electron chi connectivity index (χ2n) is 8.82. The molecule has 4 aromatic rings. The van der Waals surface area contributed by atoms with E-state index < -0.39 is 24.4 Å². The minimum Gasteiger partial charge on any atom is -0.443 e. The number of nitrogens with zero attached hydrogens (tertiary/aromatic N) is 3. The summed E-state index contributed by atoms with van der Waals surface area (Å²) in [5.41, 5.74) is 2.33. The van der Waals surface area contributed by atoms with Crippen molar-refractivity contribution in [3.05, 3.63) is 83.0 Å². The van der Waals surface area contributed by atoms with Gasteiger partial charge in [0.2, 0.25) is 0 Å². The Morgan fingerprint density at radius 1 is 1.06 bits per heavy atom. The number of hydrogen-bond donors (Lipinski definition) is 1. The van der Waals surface area contributed by atoms with Crippen molar-refractivity contribution in [2.45, 2.75) is 39.7 Å². The Hall–Kier alpha value is -3.52. The quantitative estimate of drug-likeness (QED) is 0.495. The van der Waals surface area contributed by atoms with Crippen molar-refractivity contribution in [3.63, 3.8) is 0 Å². The van der Waals surface area contributed by atoms with Crippen LogP contribution in [0.3, 0.4) is 0 Å². The molecule has 0 spiro atoms. The maximum absolute atomic E-state index is 13.5. The standard InChI is InChI=1S/C24H26BN3O4/c1-24(2,3)32-23(30)28-21-19(18-13-14-26(16-18)25(4)31)11-8-12-20(21)27(22(28)29)15-17-9-6-5-7-10-17/h5-14,16,31H,15H2,1-4H3. The van der Waals surface area contributed by atoms with E-state index in [1.54, 1.807) is 49.0 Å². The molecule has 0 aliphatic heterocycles. The van der Waals surface area contributed by atoms with E-state index in [0.29, 0.717) is 23.1 Å². The number of aromatic nitrogens is 3. The molecule has 32 heavy (non-hydrogen) atoms. The maximum atomic E-state index is 13.5. The van der Waals surface area contributed by atoms with E-state index in [9.17, 15) is 14.6 Å². The van der Waals surface area contributed by atoms with Crippen molar-refractivity contribution in [2.24, 2.45) is 0 Å². The van der Waals surface area contributed by atoms with E-state index >= 15 is 0 Å². The van der Waals surface area contributed by atoms with Gasteiger partial charge in [0.25, 0.3) is 0 Å². The molecule has 2 aromatic heterocycles. The largest absolute Gasteiger partial charge is 0.443 e. The molecule has 0 fully saturated rings. The van der Waals surface area contributed by atoms with Crippen molar-refractivity contribution in [1.29, 1.82) is 0 Å². The van der Waals surface area contributed by atoms with Gasteiger partial charge in [-0.2, -0.15) is 4.57 Å². The van der Waals surface area contributed by atoms with E-state index in [-0.39, 0.29) is 0 Å². The molecular formula is C24H26BN3O4. The molecule has 7 nitrogen and oxygen atoms in total. The summed E-state index contributed by atoms with van der Waals surface area (Å²) in [4.78, 5) is 26.6. The number of hydrogen-bond acceptors (Lipinski definition) is 4. The number of benzene rings is 2. The zero-order valence-electron chi connectivity index (χ0n) is 18.6. The van der Waals surface area contributed by atoms with Crippen LogP contribution in [0.1, 0.15) is 26.3 Å². The lowest BCUT2D eigenvalue weighted by Crippen LogP contribution is -2.34. The molecule has 2 aromatic carbocycles. The zero-order chi connectivity index (χ0) is 23.0. The number of carbonyl (C=O) groups is 1. The smallest absolute Gasteiger partial charge is 0.423 e. The van der Waals surface area contributed by atoms with Crippen molar-refractivity contribution >= 4 is 24.2 Å². The molecule has 0 amide bonds. The van der Waals surface area contributed by atoms with Gasteiger partial charge in [-0.3, -0.25) is 4.57 Å². The first kappa shape index (κ1) is 21.7. The fourth-order valence-corrected chi connectivity index (χ4v) is 3.74. The average Bonchev–Trinajstić information content (AvgIpc) is 3.31. The zero-order valence-corrected chi connectivity index (χ0v) is 18.6. The summed E-state index contributed by atoms with van der Waals surface area (Å²) < 4.78 is 9.93. The fraction of sp³-hybridized carbons (Fsp3) is 0.250. The molecule has 8 heteroatoms. The van der Waals surface area contributed by atoms with Crippen LogP contribution in [0.25, 0.3) is 22.2 Å². The highest BCUT2D eigenvalue weighted by Crippen LogP contribution is 2.29. The molecule has 0 saturated carbocycles. The van der Waals surface area contributed by atoms with E-state index in [0.717, 1.165) is 15.7 Å². The predicted octanol–water partition coefficient (Wildman–Crippen LogP) is 4.06. The summed E-state index contributed by atoms with van der Waals surface area (Å²) in [5, 5.41) is 9.91. The van der Waals surface area contributed by atoms with Crippen LogP contribution < -0.4 is 5.69 Å². The van der Waals surface area contributed by atoms with Crippen LogP contribution in [0, 0.1) is 0 Å². The van der Waals surface area contributed by atoms with Gasteiger partial charge >= 0.3 is 18.8 Å². The van der Waals surface area contributed by atoms with Gasteiger partial charge in [0.15, 0.2) is 0 Å². The van der Waals surface area contributed by atoms with E-state index in [2.05, 4.69) is 0 Å². The number of carbonyl (C=O) groups excluding carboxylic acids is 1. The van der Waals surface area contributed by atoms with Crippen LogP contribution in [0.2, 0.25) is 6.82 Å². The molecule has 0 saturated heterocycles. The van der Waals surface area contributed by atoms with Gasteiger partial charge in [0.1, 0.15) is 5.60 Å². The summed E-state index contributed by atoms with van der Waals surface area (Å²) in [6, 6.07) is 17.0. The Morgan fingerprint density at radius 3 is 2.41 bits per heavy atom. The van der Waals surface area contributed by atoms with Crippen LogP contribution in [-0.4, -0.2) is 37.4 Å². The summed E-state index contributed by atoms with van der Waals surface area (Å²) in [7, 11) is -0.696. The summed E-state index contributed by atoms with van der Waals surface area (Å²) in [6.07, 6.45) is 2.83. The number of para-hydroxylation sites is 1. The molecule has 0 unspecified atom stereocenters. The van der Waals surface area contributed by atoms with Gasteiger partial charge in [0.05, 0.1) is 17.6 Å². The molecular weight excluding hydrogens is 405 g/mol. The first-order chi connectivity index (χ1) is 15.2. The second kappa shape index (κ2) is 8.20. The normalized spacial score (nSPS) is 11.7. The lowest BCUT2D eigenvalue weighted by atomic mass is 9.88. The van der Waals surface area contributed by atoms with Gasteiger partial charge in [-0.05, 0) is 51.5 Å². The Balaban J connectivity index is 1.97. The van der Waals surface area contributed by atoms with Crippen LogP contribution in [0.15, 0.2) is 71.8 Å². The highest BCUT2D eigenvalue weighted by Gasteiger charge is 2.26. The topological polar surface area (TPSA) is 78.4 Å². The van der Waals surface area contributed by atoms with Crippen molar-refractivity contribution in [1.82, 2.24) is 13.6 Å². The molecule has 1 N–H and O–H groups in total. The Labute approximate surface area is 186 Å². The van der Waals surface area contributed by atoms with E-state index in [4.69, 9.17) is 4.74 Å². The lowest BCUT2D eigenvalue weighted by molar-refractivity contribution is 0.0537. The minimum absolute atomic E-state index is 0.324. The van der Waals surface area contributed by atoms with Gasteiger partial charge in [0, 0.05) is 17.3 Å². The summed E-state index contributed by atoms with van der Waals surface area (Å²) in [6.45, 7) is 7.29. The predicted molar refractivity (Wildman–Crippen MR) is 126 cm³/mol. The molecule has 0 radical (unpaired) electrons. The minimum atomic E-state index is -0.755. The number of ether oxygens (including phenoxy) is 1. The first-order valence-electron chi connectivity index (χ1n) is 10.5. The monoisotopic (exact) mass is 431 g/mol. The summed E-state index contributed by atoms with van der Waals surface area (Å²) in [5.74, 6) is 0.